The zero-order valence-electron chi connectivity index (χ0n) is 11.2. The Bertz CT molecular complexity index is 750. The molecule has 21 heavy (non-hydrogen) atoms. The Hall–Kier alpha value is -1.69. The molecule has 0 aliphatic carbocycles. The minimum Gasteiger partial charge on any atom is -0.466 e. The van der Waals surface area contributed by atoms with Crippen LogP contribution in [0.2, 0.25) is 0 Å². The monoisotopic (exact) mass is 332 g/mol. The third kappa shape index (κ3) is 3.15. The van der Waals surface area contributed by atoms with Crippen molar-refractivity contribution < 1.29 is 9.53 Å². The summed E-state index contributed by atoms with van der Waals surface area (Å²) in [4.78, 5) is 16.2. The maximum absolute atomic E-state index is 11.3. The maximum atomic E-state index is 11.3. The zero-order valence-corrected chi connectivity index (χ0v) is 13.7. The largest absolute Gasteiger partial charge is 0.466 e. The molecule has 0 unspecified atom stereocenters. The van der Waals surface area contributed by atoms with Crippen LogP contribution >= 0.6 is 34.0 Å². The molecule has 0 fully saturated rings. The van der Waals surface area contributed by atoms with Crippen molar-refractivity contribution in [1.29, 1.82) is 0 Å². The maximum Gasteiger partial charge on any atom is 0.330 e. The Kier molecular flexibility index (Phi) is 4.34. The molecule has 2 nitrogen and oxygen atoms in total. The number of rotatable bonds is 4. The van der Waals surface area contributed by atoms with Crippen molar-refractivity contribution in [3.63, 3.8) is 0 Å². The molecule has 3 aromatic rings. The van der Waals surface area contributed by atoms with Gasteiger partial charge in [0.05, 0.1) is 12.0 Å². The molecule has 3 rings (SSSR count). The SMILES string of the molecule is COC(=O)/C=C/c1cc(-c2cccs2)sc1-c1cccs1. The van der Waals surface area contributed by atoms with Crippen LogP contribution in [0.25, 0.3) is 25.6 Å². The number of hydrogen-bond donors (Lipinski definition) is 0. The summed E-state index contributed by atoms with van der Waals surface area (Å²) < 4.78 is 4.66. The first-order valence-corrected chi connectivity index (χ1v) is 8.83. The van der Waals surface area contributed by atoms with E-state index in [1.54, 1.807) is 34.0 Å². The first-order chi connectivity index (χ1) is 10.3. The lowest BCUT2D eigenvalue weighted by molar-refractivity contribution is -0.134. The Morgan fingerprint density at radius 3 is 2.43 bits per heavy atom. The van der Waals surface area contributed by atoms with Gasteiger partial charge in [-0.15, -0.1) is 34.0 Å². The van der Waals surface area contributed by atoms with E-state index in [1.807, 2.05) is 12.1 Å². The molecule has 0 aromatic carbocycles. The number of ether oxygens (including phenoxy) is 1. The highest BCUT2D eigenvalue weighted by Crippen LogP contribution is 2.41. The van der Waals surface area contributed by atoms with Gasteiger partial charge >= 0.3 is 5.97 Å². The molecular weight excluding hydrogens is 320 g/mol. The molecule has 0 atom stereocenters. The van der Waals surface area contributed by atoms with Gasteiger partial charge in [-0.1, -0.05) is 12.1 Å². The second-order valence-corrected chi connectivity index (χ2v) is 7.15. The summed E-state index contributed by atoms with van der Waals surface area (Å²) in [5, 5.41) is 4.14. The third-order valence-electron chi connectivity index (χ3n) is 2.87. The van der Waals surface area contributed by atoms with Crippen molar-refractivity contribution in [1.82, 2.24) is 0 Å². The molecular formula is C16H12O2S3. The highest BCUT2D eigenvalue weighted by Gasteiger charge is 2.12. The lowest BCUT2D eigenvalue weighted by Gasteiger charge is -1.95. The van der Waals surface area contributed by atoms with Gasteiger partial charge in [0.1, 0.15) is 0 Å². The number of esters is 1. The van der Waals surface area contributed by atoms with Gasteiger partial charge in [-0.2, -0.15) is 0 Å². The van der Waals surface area contributed by atoms with E-state index in [0.717, 1.165) is 5.56 Å². The van der Waals surface area contributed by atoms with Crippen LogP contribution in [0, 0.1) is 0 Å². The van der Waals surface area contributed by atoms with Crippen molar-refractivity contribution in [2.24, 2.45) is 0 Å². The summed E-state index contributed by atoms with van der Waals surface area (Å²) in [6, 6.07) is 10.4. The number of methoxy groups -OCH3 is 1. The van der Waals surface area contributed by atoms with Crippen LogP contribution in [-0.2, 0) is 9.53 Å². The van der Waals surface area contributed by atoms with Gasteiger partial charge < -0.3 is 4.74 Å². The minimum atomic E-state index is -0.337. The number of hydrogen-bond acceptors (Lipinski definition) is 5. The lowest BCUT2D eigenvalue weighted by Crippen LogP contribution is -1.93. The van der Waals surface area contributed by atoms with Gasteiger partial charge in [0.25, 0.3) is 0 Å². The topological polar surface area (TPSA) is 26.3 Å². The van der Waals surface area contributed by atoms with Crippen LogP contribution in [-0.4, -0.2) is 13.1 Å². The fourth-order valence-corrected chi connectivity index (χ4v) is 4.74. The van der Waals surface area contributed by atoms with E-state index in [0.29, 0.717) is 0 Å². The molecule has 0 spiro atoms. The fraction of sp³-hybridized carbons (Fsp3) is 0.0625. The van der Waals surface area contributed by atoms with E-state index in [9.17, 15) is 4.79 Å². The first-order valence-electron chi connectivity index (χ1n) is 6.25. The first kappa shape index (κ1) is 14.3. The average Bonchev–Trinajstić information content (AvgIpc) is 3.23. The smallest absolute Gasteiger partial charge is 0.330 e. The average molecular weight is 332 g/mol. The molecule has 3 heterocycles. The van der Waals surface area contributed by atoms with Crippen molar-refractivity contribution in [2.45, 2.75) is 0 Å². The Labute approximate surface area is 135 Å². The molecule has 0 bridgehead atoms. The highest BCUT2D eigenvalue weighted by molar-refractivity contribution is 7.26. The van der Waals surface area contributed by atoms with Gasteiger partial charge in [-0.05, 0) is 40.6 Å². The van der Waals surface area contributed by atoms with E-state index in [1.165, 1.54) is 32.7 Å². The van der Waals surface area contributed by atoms with E-state index < -0.39 is 0 Å². The summed E-state index contributed by atoms with van der Waals surface area (Å²) in [6.45, 7) is 0. The van der Waals surface area contributed by atoms with Crippen molar-refractivity contribution >= 4 is 46.1 Å². The van der Waals surface area contributed by atoms with E-state index >= 15 is 0 Å². The van der Waals surface area contributed by atoms with E-state index in [-0.39, 0.29) is 5.97 Å². The summed E-state index contributed by atoms with van der Waals surface area (Å²) in [5.74, 6) is -0.337. The van der Waals surface area contributed by atoms with Gasteiger partial charge in [0, 0.05) is 20.7 Å². The second kappa shape index (κ2) is 6.39. The Balaban J connectivity index is 2.04. The van der Waals surface area contributed by atoms with Gasteiger partial charge in [0.2, 0.25) is 0 Å². The van der Waals surface area contributed by atoms with E-state index in [2.05, 4.69) is 39.8 Å². The molecule has 0 radical (unpaired) electrons. The predicted octanol–water partition coefficient (Wildman–Crippen LogP) is 5.39. The van der Waals surface area contributed by atoms with Crippen LogP contribution in [0.1, 0.15) is 5.56 Å². The number of carbonyl (C=O) groups is 1. The van der Waals surface area contributed by atoms with Crippen molar-refractivity contribution in [2.75, 3.05) is 7.11 Å². The van der Waals surface area contributed by atoms with Gasteiger partial charge in [-0.25, -0.2) is 4.79 Å². The Morgan fingerprint density at radius 2 is 1.81 bits per heavy atom. The van der Waals surface area contributed by atoms with E-state index in [4.69, 9.17) is 0 Å². The molecule has 0 saturated heterocycles. The zero-order chi connectivity index (χ0) is 14.7. The molecule has 0 saturated carbocycles. The lowest BCUT2D eigenvalue weighted by atomic mass is 10.2. The van der Waals surface area contributed by atoms with Gasteiger partial charge in [-0.3, -0.25) is 0 Å². The predicted molar refractivity (Wildman–Crippen MR) is 92.0 cm³/mol. The molecule has 106 valence electrons. The Morgan fingerprint density at radius 1 is 1.10 bits per heavy atom. The molecule has 0 amide bonds. The summed E-state index contributed by atoms with van der Waals surface area (Å²) in [7, 11) is 1.39. The van der Waals surface area contributed by atoms with Crippen molar-refractivity contribution in [3.05, 3.63) is 52.7 Å². The summed E-state index contributed by atoms with van der Waals surface area (Å²) in [5.41, 5.74) is 1.05. The standard InChI is InChI=1S/C16H12O2S3/c1-18-15(17)7-6-11-10-14(12-4-2-8-19-12)21-16(11)13-5-3-9-20-13/h2-10H,1H3/b7-6+. The molecule has 5 heteroatoms. The fourth-order valence-electron chi connectivity index (χ4n) is 1.90. The summed E-state index contributed by atoms with van der Waals surface area (Å²) >= 11 is 5.18. The van der Waals surface area contributed by atoms with Crippen LogP contribution in [0.4, 0.5) is 0 Å². The molecule has 0 aliphatic heterocycles. The van der Waals surface area contributed by atoms with Crippen LogP contribution in [0.15, 0.2) is 47.2 Å². The normalized spacial score (nSPS) is 11.1. The third-order valence-corrected chi connectivity index (χ3v) is 6.14. The molecule has 0 N–H and O–H groups in total. The van der Waals surface area contributed by atoms with Crippen LogP contribution in [0.5, 0.6) is 0 Å². The molecule has 3 aromatic heterocycles. The van der Waals surface area contributed by atoms with Gasteiger partial charge in [0.15, 0.2) is 0 Å². The quantitative estimate of drug-likeness (QED) is 0.473. The summed E-state index contributed by atoms with van der Waals surface area (Å²) in [6.07, 6.45) is 3.30. The minimum absolute atomic E-state index is 0.337. The van der Waals surface area contributed by atoms with Crippen LogP contribution in [0.3, 0.4) is 0 Å². The number of carbonyl (C=O) groups excluding carboxylic acids is 1. The van der Waals surface area contributed by atoms with Crippen molar-refractivity contribution in [3.8, 4) is 19.5 Å². The molecule has 0 aliphatic rings. The highest BCUT2D eigenvalue weighted by atomic mass is 32.1. The number of thiophene rings is 3. The second-order valence-electron chi connectivity index (χ2n) is 4.21. The van der Waals surface area contributed by atoms with Crippen LogP contribution < -0.4 is 0 Å².